The van der Waals surface area contributed by atoms with Crippen LogP contribution in [0.15, 0.2) is 27.6 Å². The van der Waals surface area contributed by atoms with Gasteiger partial charge in [0, 0.05) is 16.5 Å². The highest BCUT2D eigenvalue weighted by Crippen LogP contribution is 2.28. The van der Waals surface area contributed by atoms with E-state index in [1.807, 2.05) is 26.0 Å². The molecule has 1 heterocycles. The van der Waals surface area contributed by atoms with Crippen LogP contribution in [0, 0.1) is 6.92 Å². The van der Waals surface area contributed by atoms with Crippen LogP contribution in [-0.4, -0.2) is 10.1 Å². The molecule has 2 N–H and O–H groups in total. The molecule has 0 bridgehead atoms. The highest BCUT2D eigenvalue weighted by molar-refractivity contribution is 7.98. The molecule has 0 spiro atoms. The lowest BCUT2D eigenvalue weighted by Crippen LogP contribution is -1.91. The van der Waals surface area contributed by atoms with Crippen molar-refractivity contribution in [3.8, 4) is 0 Å². The van der Waals surface area contributed by atoms with Gasteiger partial charge in [-0.3, -0.25) is 0 Å². The van der Waals surface area contributed by atoms with Crippen LogP contribution >= 0.6 is 11.8 Å². The molecule has 2 rings (SSSR count). The average molecular weight is 263 g/mol. The molecule has 0 saturated heterocycles. The number of nitrogen functional groups attached to an aromatic ring is 1. The third-order valence-corrected chi connectivity index (χ3v) is 3.57. The number of nitrogens with two attached hydrogens (primary N) is 1. The molecule has 0 amide bonds. The molecule has 1 aromatic carbocycles. The summed E-state index contributed by atoms with van der Waals surface area (Å²) < 4.78 is 5.16. The van der Waals surface area contributed by atoms with Crippen LogP contribution in [0.5, 0.6) is 0 Å². The van der Waals surface area contributed by atoms with Gasteiger partial charge in [-0.1, -0.05) is 25.1 Å². The molecule has 0 aliphatic heterocycles. The molecular weight excluding hydrogens is 246 g/mol. The van der Waals surface area contributed by atoms with E-state index < -0.39 is 0 Å². The lowest BCUT2D eigenvalue weighted by Gasteiger charge is -2.04. The van der Waals surface area contributed by atoms with Crippen LogP contribution in [0.25, 0.3) is 0 Å². The smallest absolute Gasteiger partial charge is 0.229 e. The summed E-state index contributed by atoms with van der Waals surface area (Å²) in [4.78, 5) is 5.40. The van der Waals surface area contributed by atoms with Gasteiger partial charge in [0.05, 0.1) is 5.75 Å². The lowest BCUT2D eigenvalue weighted by atomic mass is 10.2. The SMILES string of the molecule is Cc1ccc(N)c(SCc2noc(C(C)C)n2)c1. The lowest BCUT2D eigenvalue weighted by molar-refractivity contribution is 0.362. The maximum atomic E-state index is 5.92. The Labute approximate surface area is 111 Å². The summed E-state index contributed by atoms with van der Waals surface area (Å²) in [5, 5.41) is 3.96. The van der Waals surface area contributed by atoms with Crippen molar-refractivity contribution in [2.75, 3.05) is 5.73 Å². The van der Waals surface area contributed by atoms with Crippen LogP contribution in [0.4, 0.5) is 5.69 Å². The van der Waals surface area contributed by atoms with Crippen molar-refractivity contribution >= 4 is 17.4 Å². The minimum Gasteiger partial charge on any atom is -0.398 e. The fourth-order valence-corrected chi connectivity index (χ4v) is 2.38. The zero-order valence-electron chi connectivity index (χ0n) is 10.8. The van der Waals surface area contributed by atoms with Gasteiger partial charge in [0.2, 0.25) is 5.89 Å². The second-order valence-electron chi connectivity index (χ2n) is 4.53. The monoisotopic (exact) mass is 263 g/mol. The van der Waals surface area contributed by atoms with Crippen molar-refractivity contribution in [2.24, 2.45) is 0 Å². The Balaban J connectivity index is 2.04. The maximum Gasteiger partial charge on any atom is 0.229 e. The second kappa shape index (κ2) is 5.44. The third kappa shape index (κ3) is 3.04. The summed E-state index contributed by atoms with van der Waals surface area (Å²) in [6, 6.07) is 6.00. The van der Waals surface area contributed by atoms with Gasteiger partial charge >= 0.3 is 0 Å². The second-order valence-corrected chi connectivity index (χ2v) is 5.55. The Morgan fingerprint density at radius 2 is 2.17 bits per heavy atom. The number of benzene rings is 1. The zero-order valence-corrected chi connectivity index (χ0v) is 11.6. The van der Waals surface area contributed by atoms with Crippen molar-refractivity contribution in [1.29, 1.82) is 0 Å². The highest BCUT2D eigenvalue weighted by atomic mass is 32.2. The number of anilines is 1. The molecule has 2 aromatic rings. The van der Waals surface area contributed by atoms with Crippen LogP contribution in [0.1, 0.15) is 37.0 Å². The van der Waals surface area contributed by atoms with E-state index in [2.05, 4.69) is 23.1 Å². The van der Waals surface area contributed by atoms with E-state index in [1.165, 1.54) is 5.56 Å². The van der Waals surface area contributed by atoms with Crippen LogP contribution in [-0.2, 0) is 5.75 Å². The molecule has 0 aliphatic carbocycles. The van der Waals surface area contributed by atoms with Gasteiger partial charge in [0.25, 0.3) is 0 Å². The third-order valence-electron chi connectivity index (χ3n) is 2.50. The first-order valence-electron chi connectivity index (χ1n) is 5.87. The average Bonchev–Trinajstić information content (AvgIpc) is 2.79. The first-order chi connectivity index (χ1) is 8.56. The van der Waals surface area contributed by atoms with Crippen LogP contribution in [0.3, 0.4) is 0 Å². The van der Waals surface area contributed by atoms with E-state index in [-0.39, 0.29) is 5.92 Å². The maximum absolute atomic E-state index is 5.92. The van der Waals surface area contributed by atoms with Crippen molar-refractivity contribution < 1.29 is 4.52 Å². The predicted octanol–water partition coefficient (Wildman–Crippen LogP) is 3.38. The molecule has 0 atom stereocenters. The van der Waals surface area contributed by atoms with Gasteiger partial charge < -0.3 is 10.3 Å². The van der Waals surface area contributed by atoms with Crippen molar-refractivity contribution in [3.05, 3.63) is 35.5 Å². The number of thioether (sulfide) groups is 1. The Morgan fingerprint density at radius 3 is 2.83 bits per heavy atom. The predicted molar refractivity (Wildman–Crippen MR) is 73.5 cm³/mol. The fraction of sp³-hybridized carbons (Fsp3) is 0.385. The number of nitrogens with zero attached hydrogens (tertiary/aromatic N) is 2. The van der Waals surface area contributed by atoms with E-state index in [0.717, 1.165) is 10.6 Å². The van der Waals surface area contributed by atoms with E-state index in [4.69, 9.17) is 10.3 Å². The Bertz CT molecular complexity index is 537. The van der Waals surface area contributed by atoms with Gasteiger partial charge in [0.15, 0.2) is 5.82 Å². The van der Waals surface area contributed by atoms with Crippen molar-refractivity contribution in [1.82, 2.24) is 10.1 Å². The molecule has 0 unspecified atom stereocenters. The normalized spacial score (nSPS) is 11.1. The number of hydrogen-bond acceptors (Lipinski definition) is 5. The summed E-state index contributed by atoms with van der Waals surface area (Å²) in [6.07, 6.45) is 0. The van der Waals surface area contributed by atoms with E-state index >= 15 is 0 Å². The Kier molecular flexibility index (Phi) is 3.91. The molecule has 18 heavy (non-hydrogen) atoms. The molecule has 4 nitrogen and oxygen atoms in total. The topological polar surface area (TPSA) is 64.9 Å². The summed E-state index contributed by atoms with van der Waals surface area (Å²) in [5.74, 6) is 2.33. The molecule has 0 radical (unpaired) electrons. The van der Waals surface area contributed by atoms with E-state index in [0.29, 0.717) is 17.5 Å². The zero-order chi connectivity index (χ0) is 13.1. The molecular formula is C13H17N3OS. The fourth-order valence-electron chi connectivity index (χ4n) is 1.47. The number of aryl methyl sites for hydroxylation is 1. The van der Waals surface area contributed by atoms with Gasteiger partial charge in [-0.25, -0.2) is 0 Å². The van der Waals surface area contributed by atoms with Gasteiger partial charge in [-0.2, -0.15) is 4.98 Å². The molecule has 0 aliphatic rings. The van der Waals surface area contributed by atoms with Gasteiger partial charge in [-0.05, 0) is 24.6 Å². The van der Waals surface area contributed by atoms with Crippen molar-refractivity contribution in [3.63, 3.8) is 0 Å². The number of rotatable bonds is 4. The summed E-state index contributed by atoms with van der Waals surface area (Å²) >= 11 is 1.63. The summed E-state index contributed by atoms with van der Waals surface area (Å²) in [5.41, 5.74) is 7.91. The Hall–Kier alpha value is -1.49. The minimum absolute atomic E-state index is 0.264. The summed E-state index contributed by atoms with van der Waals surface area (Å²) in [7, 11) is 0. The first-order valence-corrected chi connectivity index (χ1v) is 6.86. The molecule has 1 aromatic heterocycles. The van der Waals surface area contributed by atoms with Gasteiger partial charge in [-0.15, -0.1) is 11.8 Å². The molecule has 0 saturated carbocycles. The number of aromatic nitrogens is 2. The summed E-state index contributed by atoms with van der Waals surface area (Å²) in [6.45, 7) is 6.11. The number of hydrogen-bond donors (Lipinski definition) is 1. The minimum atomic E-state index is 0.264. The van der Waals surface area contributed by atoms with E-state index in [9.17, 15) is 0 Å². The highest BCUT2D eigenvalue weighted by Gasteiger charge is 2.10. The van der Waals surface area contributed by atoms with E-state index in [1.54, 1.807) is 11.8 Å². The van der Waals surface area contributed by atoms with Crippen LogP contribution < -0.4 is 5.73 Å². The van der Waals surface area contributed by atoms with Crippen molar-refractivity contribution in [2.45, 2.75) is 37.3 Å². The molecule has 5 heteroatoms. The first kappa shape index (κ1) is 13.0. The molecule has 96 valence electrons. The standard InChI is InChI=1S/C13H17N3OS/c1-8(2)13-15-12(16-17-13)7-18-11-6-9(3)4-5-10(11)14/h4-6,8H,7,14H2,1-3H3. The molecule has 0 fully saturated rings. The van der Waals surface area contributed by atoms with Gasteiger partial charge in [0.1, 0.15) is 0 Å². The largest absolute Gasteiger partial charge is 0.398 e. The van der Waals surface area contributed by atoms with Crippen LogP contribution in [0.2, 0.25) is 0 Å². The Morgan fingerprint density at radius 1 is 1.39 bits per heavy atom. The quantitative estimate of drug-likeness (QED) is 0.676.